The number of amides is 1. The van der Waals surface area contributed by atoms with Gasteiger partial charge in [-0.25, -0.2) is 0 Å². The summed E-state index contributed by atoms with van der Waals surface area (Å²) >= 11 is 0. The number of para-hydroxylation sites is 1. The van der Waals surface area contributed by atoms with Gasteiger partial charge in [-0.2, -0.15) is 5.10 Å². The number of hydrogen-bond acceptors (Lipinski definition) is 3. The fourth-order valence-corrected chi connectivity index (χ4v) is 4.06. The van der Waals surface area contributed by atoms with E-state index in [2.05, 4.69) is 34.4 Å². The Labute approximate surface area is 142 Å². The van der Waals surface area contributed by atoms with Gasteiger partial charge in [0.1, 0.15) is 0 Å². The first-order valence-corrected chi connectivity index (χ1v) is 8.83. The van der Waals surface area contributed by atoms with Crippen LogP contribution >= 0.6 is 0 Å². The van der Waals surface area contributed by atoms with E-state index in [1.807, 2.05) is 28.9 Å². The molecule has 2 aliphatic rings. The van der Waals surface area contributed by atoms with Crippen LogP contribution in [0.3, 0.4) is 0 Å². The molecule has 5 nitrogen and oxygen atoms in total. The summed E-state index contributed by atoms with van der Waals surface area (Å²) in [5.74, 6) is 0.220. The fraction of sp³-hybridized carbons (Fsp3) is 0.474. The molecule has 1 amide bonds. The largest absolute Gasteiger partial charge is 0.311 e. The molecule has 4 rings (SSSR count). The molecule has 5 heteroatoms. The van der Waals surface area contributed by atoms with Crippen LogP contribution in [-0.4, -0.2) is 40.2 Å². The molecule has 2 aliphatic heterocycles. The summed E-state index contributed by atoms with van der Waals surface area (Å²) in [7, 11) is 1.94. The number of carbonyl (C=O) groups is 1. The Morgan fingerprint density at radius 1 is 1.25 bits per heavy atom. The number of nitrogens with zero attached hydrogens (tertiary/aromatic N) is 4. The molecule has 1 saturated heterocycles. The second-order valence-corrected chi connectivity index (χ2v) is 6.85. The second-order valence-electron chi connectivity index (χ2n) is 6.85. The van der Waals surface area contributed by atoms with Gasteiger partial charge < -0.3 is 4.90 Å². The zero-order valence-electron chi connectivity index (χ0n) is 14.2. The standard InChI is InChI=1S/C19H24N4O/c1-21-13-16(12-20-21)17-9-5-10-22(17)14-19(24)23-11-4-7-15-6-2-3-8-18(15)23/h2-3,6,8,12-13,17H,4-5,7,9-11,14H2,1H3/t17-/m0/s1. The maximum Gasteiger partial charge on any atom is 0.241 e. The summed E-state index contributed by atoms with van der Waals surface area (Å²) in [6.45, 7) is 2.32. The number of aromatic nitrogens is 2. The van der Waals surface area contributed by atoms with Crippen molar-refractivity contribution in [1.29, 1.82) is 0 Å². The molecule has 126 valence electrons. The van der Waals surface area contributed by atoms with Gasteiger partial charge in [-0.05, 0) is 43.9 Å². The van der Waals surface area contributed by atoms with Crippen molar-refractivity contribution >= 4 is 11.6 Å². The van der Waals surface area contributed by atoms with Crippen molar-refractivity contribution in [2.24, 2.45) is 7.05 Å². The molecule has 1 aromatic carbocycles. The summed E-state index contributed by atoms with van der Waals surface area (Å²) in [4.78, 5) is 17.3. The van der Waals surface area contributed by atoms with Crippen LogP contribution in [0.5, 0.6) is 0 Å². The highest BCUT2D eigenvalue weighted by Gasteiger charge is 2.31. The predicted molar refractivity (Wildman–Crippen MR) is 93.9 cm³/mol. The monoisotopic (exact) mass is 324 g/mol. The molecule has 1 atom stereocenters. The van der Waals surface area contributed by atoms with E-state index >= 15 is 0 Å². The SMILES string of the molecule is Cn1cc([C@@H]2CCCN2CC(=O)N2CCCc3ccccc32)cn1. The van der Waals surface area contributed by atoms with Crippen LogP contribution in [0.15, 0.2) is 36.7 Å². The minimum Gasteiger partial charge on any atom is -0.311 e. The van der Waals surface area contributed by atoms with Crippen molar-refractivity contribution < 1.29 is 4.79 Å². The first-order chi connectivity index (χ1) is 11.7. The summed E-state index contributed by atoms with van der Waals surface area (Å²) in [6.07, 6.45) is 8.38. The molecular weight excluding hydrogens is 300 g/mol. The Kier molecular flexibility index (Phi) is 4.10. The molecule has 0 bridgehead atoms. The van der Waals surface area contributed by atoms with Crippen LogP contribution in [0, 0.1) is 0 Å². The first kappa shape index (κ1) is 15.4. The van der Waals surface area contributed by atoms with E-state index in [1.54, 1.807) is 0 Å². The van der Waals surface area contributed by atoms with Gasteiger partial charge in [0.25, 0.3) is 0 Å². The number of benzene rings is 1. The number of fused-ring (bicyclic) bond motifs is 1. The van der Waals surface area contributed by atoms with Crippen molar-refractivity contribution in [2.75, 3.05) is 24.5 Å². The summed E-state index contributed by atoms with van der Waals surface area (Å²) in [5, 5.41) is 4.29. The van der Waals surface area contributed by atoms with Crippen LogP contribution < -0.4 is 4.90 Å². The number of aryl methyl sites for hydroxylation is 2. The lowest BCUT2D eigenvalue weighted by atomic mass is 10.0. The Hall–Kier alpha value is -2.14. The van der Waals surface area contributed by atoms with Gasteiger partial charge in [0.2, 0.25) is 5.91 Å². The van der Waals surface area contributed by atoms with Crippen LogP contribution in [0.4, 0.5) is 5.69 Å². The van der Waals surface area contributed by atoms with E-state index < -0.39 is 0 Å². The highest BCUT2D eigenvalue weighted by atomic mass is 16.2. The lowest BCUT2D eigenvalue weighted by Gasteiger charge is -2.32. The van der Waals surface area contributed by atoms with Crippen LogP contribution in [-0.2, 0) is 18.3 Å². The maximum absolute atomic E-state index is 13.0. The molecule has 2 aromatic rings. The zero-order valence-corrected chi connectivity index (χ0v) is 14.2. The smallest absolute Gasteiger partial charge is 0.241 e. The summed E-state index contributed by atoms with van der Waals surface area (Å²) < 4.78 is 1.84. The summed E-state index contributed by atoms with van der Waals surface area (Å²) in [6, 6.07) is 8.63. The Balaban J connectivity index is 1.50. The molecule has 1 fully saturated rings. The lowest BCUT2D eigenvalue weighted by molar-refractivity contribution is -0.120. The van der Waals surface area contributed by atoms with Crippen LogP contribution in [0.1, 0.15) is 36.4 Å². The van der Waals surface area contributed by atoms with E-state index in [4.69, 9.17) is 0 Å². The van der Waals surface area contributed by atoms with Crippen LogP contribution in [0.2, 0.25) is 0 Å². The van der Waals surface area contributed by atoms with Crippen molar-refractivity contribution in [3.05, 3.63) is 47.8 Å². The molecule has 0 aliphatic carbocycles. The van der Waals surface area contributed by atoms with Gasteiger partial charge in [-0.15, -0.1) is 0 Å². The lowest BCUT2D eigenvalue weighted by Crippen LogP contribution is -2.42. The minimum atomic E-state index is 0.220. The molecule has 0 N–H and O–H groups in total. The van der Waals surface area contributed by atoms with Gasteiger partial charge in [0.05, 0.1) is 12.7 Å². The molecule has 3 heterocycles. The molecule has 24 heavy (non-hydrogen) atoms. The molecule has 0 radical (unpaired) electrons. The van der Waals surface area contributed by atoms with Crippen molar-refractivity contribution in [3.8, 4) is 0 Å². The highest BCUT2D eigenvalue weighted by molar-refractivity contribution is 5.96. The second kappa shape index (κ2) is 6.40. The van der Waals surface area contributed by atoms with Crippen LogP contribution in [0.25, 0.3) is 0 Å². The van der Waals surface area contributed by atoms with E-state index in [0.29, 0.717) is 12.6 Å². The first-order valence-electron chi connectivity index (χ1n) is 8.83. The molecule has 0 spiro atoms. The molecule has 0 unspecified atom stereocenters. The van der Waals surface area contributed by atoms with Crippen molar-refractivity contribution in [2.45, 2.75) is 31.7 Å². The van der Waals surface area contributed by atoms with Crippen molar-refractivity contribution in [1.82, 2.24) is 14.7 Å². The fourth-order valence-electron chi connectivity index (χ4n) is 4.06. The van der Waals surface area contributed by atoms with Gasteiger partial charge in [-0.1, -0.05) is 18.2 Å². The van der Waals surface area contributed by atoms with E-state index in [9.17, 15) is 4.79 Å². The zero-order chi connectivity index (χ0) is 16.5. The number of carbonyl (C=O) groups excluding carboxylic acids is 1. The van der Waals surface area contributed by atoms with Gasteiger partial charge >= 0.3 is 0 Å². The van der Waals surface area contributed by atoms with Crippen molar-refractivity contribution in [3.63, 3.8) is 0 Å². The average Bonchev–Trinajstić information content (AvgIpc) is 3.23. The van der Waals surface area contributed by atoms with E-state index in [1.165, 1.54) is 11.1 Å². The molecular formula is C19H24N4O. The third kappa shape index (κ3) is 2.84. The third-order valence-corrected chi connectivity index (χ3v) is 5.22. The Morgan fingerprint density at radius 2 is 2.12 bits per heavy atom. The molecule has 0 saturated carbocycles. The molecule has 1 aromatic heterocycles. The minimum absolute atomic E-state index is 0.220. The number of rotatable bonds is 3. The number of likely N-dealkylation sites (tertiary alicyclic amines) is 1. The Bertz CT molecular complexity index is 738. The maximum atomic E-state index is 13.0. The highest BCUT2D eigenvalue weighted by Crippen LogP contribution is 2.32. The normalized spacial score (nSPS) is 21.0. The summed E-state index contributed by atoms with van der Waals surface area (Å²) in [5.41, 5.74) is 3.62. The van der Waals surface area contributed by atoms with Gasteiger partial charge in [0, 0.05) is 37.1 Å². The average molecular weight is 324 g/mol. The topological polar surface area (TPSA) is 41.4 Å². The third-order valence-electron chi connectivity index (χ3n) is 5.22. The Morgan fingerprint density at radius 3 is 2.96 bits per heavy atom. The number of hydrogen-bond donors (Lipinski definition) is 0. The van der Waals surface area contributed by atoms with E-state index in [-0.39, 0.29) is 5.91 Å². The van der Waals surface area contributed by atoms with Gasteiger partial charge in [0.15, 0.2) is 0 Å². The van der Waals surface area contributed by atoms with E-state index in [0.717, 1.165) is 44.5 Å². The predicted octanol–water partition coefficient (Wildman–Crippen LogP) is 2.54. The quantitative estimate of drug-likeness (QED) is 0.871. The van der Waals surface area contributed by atoms with Gasteiger partial charge in [-0.3, -0.25) is 14.4 Å². The number of anilines is 1.